The van der Waals surface area contributed by atoms with Crippen molar-refractivity contribution in [2.24, 2.45) is 0 Å². The molecule has 0 bridgehead atoms. The topological polar surface area (TPSA) is 0 Å². The van der Waals surface area contributed by atoms with Gasteiger partial charge in [-0.15, -0.1) is 11.3 Å². The second-order valence-corrected chi connectivity index (χ2v) is 7.65. The van der Waals surface area contributed by atoms with Crippen molar-refractivity contribution in [1.82, 2.24) is 0 Å². The normalized spacial score (nSPS) is 11.6. The van der Waals surface area contributed by atoms with Gasteiger partial charge in [0, 0.05) is 28.2 Å². The molecule has 0 spiro atoms. The highest BCUT2D eigenvalue weighted by molar-refractivity contribution is 14.1. The number of hydrogen-bond donors (Lipinski definition) is 0. The molecule has 3 rings (SSSR count). The Kier molecular flexibility index (Phi) is 3.89. The zero-order valence-electron chi connectivity index (χ0n) is 10.9. The van der Waals surface area contributed by atoms with E-state index in [1.165, 1.54) is 39.3 Å². The molecule has 0 saturated carbocycles. The lowest BCUT2D eigenvalue weighted by molar-refractivity contribution is 1.15. The van der Waals surface area contributed by atoms with Crippen molar-refractivity contribution in [3.05, 3.63) is 43.4 Å². The lowest BCUT2D eigenvalue weighted by Crippen LogP contribution is -1.85. The molecule has 19 heavy (non-hydrogen) atoms. The van der Waals surface area contributed by atoms with Gasteiger partial charge in [-0.25, -0.2) is 0 Å². The molecule has 0 amide bonds. The predicted molar refractivity (Wildman–Crippen MR) is 98.5 cm³/mol. The largest absolute Gasteiger partial charge is 0.135 e. The van der Waals surface area contributed by atoms with Gasteiger partial charge in [-0.05, 0) is 58.7 Å². The number of halogens is 2. The van der Waals surface area contributed by atoms with Crippen LogP contribution in [0.15, 0.2) is 28.7 Å². The zero-order chi connectivity index (χ0) is 13.6. The zero-order valence-corrected chi connectivity index (χ0v) is 15.4. The highest BCUT2D eigenvalue weighted by Crippen LogP contribution is 2.41. The van der Waals surface area contributed by atoms with E-state index >= 15 is 0 Å². The van der Waals surface area contributed by atoms with Crippen LogP contribution in [-0.2, 0) is 12.8 Å². The highest BCUT2D eigenvalue weighted by atomic mass is 127. The lowest BCUT2D eigenvalue weighted by atomic mass is 10.1. The quantitative estimate of drug-likeness (QED) is 0.393. The first-order valence-electron chi connectivity index (χ1n) is 6.48. The molecule has 98 valence electrons. The fourth-order valence-electron chi connectivity index (χ4n) is 2.63. The van der Waals surface area contributed by atoms with E-state index in [2.05, 4.69) is 76.6 Å². The summed E-state index contributed by atoms with van der Waals surface area (Å²) >= 11 is 8.10. The standard InChI is InChI=1S/C16H14BrIS/c1-3-9-13(17)7-5-11-12-6-8-14(18)10(4-2)16(12)19-15(9)11/h5-8H,3-4H2,1-2H3. The summed E-state index contributed by atoms with van der Waals surface area (Å²) in [5.41, 5.74) is 2.94. The van der Waals surface area contributed by atoms with Gasteiger partial charge in [0.05, 0.1) is 0 Å². The average Bonchev–Trinajstić information content (AvgIpc) is 2.77. The molecule has 0 saturated heterocycles. The van der Waals surface area contributed by atoms with Gasteiger partial charge < -0.3 is 0 Å². The Morgan fingerprint density at radius 1 is 0.947 bits per heavy atom. The molecule has 0 aliphatic carbocycles. The molecule has 0 radical (unpaired) electrons. The van der Waals surface area contributed by atoms with E-state index in [-0.39, 0.29) is 0 Å². The average molecular weight is 445 g/mol. The van der Waals surface area contributed by atoms with E-state index in [9.17, 15) is 0 Å². The van der Waals surface area contributed by atoms with Crippen LogP contribution < -0.4 is 0 Å². The van der Waals surface area contributed by atoms with E-state index in [1.807, 2.05) is 11.3 Å². The third-order valence-corrected chi connectivity index (χ3v) is 6.70. The molecule has 0 atom stereocenters. The SMILES string of the molecule is CCc1c(Br)ccc2c1sc1c(CC)c(I)ccc12. The maximum atomic E-state index is 3.69. The molecule has 0 nitrogen and oxygen atoms in total. The van der Waals surface area contributed by atoms with Gasteiger partial charge in [0.15, 0.2) is 0 Å². The van der Waals surface area contributed by atoms with Crippen LogP contribution in [-0.4, -0.2) is 0 Å². The molecule has 0 N–H and O–H groups in total. The van der Waals surface area contributed by atoms with Crippen LogP contribution in [0.2, 0.25) is 0 Å². The monoisotopic (exact) mass is 444 g/mol. The Balaban J connectivity index is 2.51. The van der Waals surface area contributed by atoms with Crippen molar-refractivity contribution in [2.45, 2.75) is 26.7 Å². The van der Waals surface area contributed by atoms with Crippen LogP contribution in [0.25, 0.3) is 20.2 Å². The lowest BCUT2D eigenvalue weighted by Gasteiger charge is -2.03. The third-order valence-electron chi connectivity index (χ3n) is 3.61. The molecule has 0 aliphatic heterocycles. The summed E-state index contributed by atoms with van der Waals surface area (Å²) in [5.74, 6) is 0. The number of thiophene rings is 1. The summed E-state index contributed by atoms with van der Waals surface area (Å²) < 4.78 is 5.54. The number of benzene rings is 2. The fourth-order valence-corrected chi connectivity index (χ4v) is 5.92. The van der Waals surface area contributed by atoms with Crippen molar-refractivity contribution in [3.63, 3.8) is 0 Å². The Labute approximate surface area is 139 Å². The maximum Gasteiger partial charge on any atom is 0.0398 e. The minimum atomic E-state index is 1.07. The Morgan fingerprint density at radius 3 is 2.16 bits per heavy atom. The van der Waals surface area contributed by atoms with Crippen molar-refractivity contribution < 1.29 is 0 Å². The van der Waals surface area contributed by atoms with Gasteiger partial charge in [-0.1, -0.05) is 41.9 Å². The summed E-state index contributed by atoms with van der Waals surface area (Å²) in [6.07, 6.45) is 2.17. The minimum absolute atomic E-state index is 1.07. The van der Waals surface area contributed by atoms with Crippen molar-refractivity contribution in [3.8, 4) is 0 Å². The predicted octanol–water partition coefficient (Wildman–Crippen LogP) is 6.55. The molecule has 0 aliphatic rings. The summed E-state index contributed by atoms with van der Waals surface area (Å²) in [7, 11) is 0. The van der Waals surface area contributed by atoms with Crippen LogP contribution in [0.1, 0.15) is 25.0 Å². The van der Waals surface area contributed by atoms with Crippen molar-refractivity contribution in [2.75, 3.05) is 0 Å². The van der Waals surface area contributed by atoms with Gasteiger partial charge in [0.1, 0.15) is 0 Å². The number of hydrogen-bond acceptors (Lipinski definition) is 1. The van der Waals surface area contributed by atoms with Gasteiger partial charge in [-0.2, -0.15) is 0 Å². The molecular formula is C16H14BrIS. The number of fused-ring (bicyclic) bond motifs is 3. The molecule has 2 aromatic carbocycles. The molecule has 3 aromatic rings. The Morgan fingerprint density at radius 2 is 1.53 bits per heavy atom. The van der Waals surface area contributed by atoms with Crippen LogP contribution in [0, 0.1) is 3.57 Å². The van der Waals surface area contributed by atoms with E-state index in [4.69, 9.17) is 0 Å². The minimum Gasteiger partial charge on any atom is -0.135 e. The van der Waals surface area contributed by atoms with Crippen LogP contribution in [0.4, 0.5) is 0 Å². The Bertz CT molecular complexity index is 709. The number of rotatable bonds is 2. The second kappa shape index (κ2) is 5.34. The van der Waals surface area contributed by atoms with Crippen LogP contribution >= 0.6 is 49.9 Å². The summed E-state index contributed by atoms with van der Waals surface area (Å²) in [6, 6.07) is 8.98. The van der Waals surface area contributed by atoms with E-state index in [0.29, 0.717) is 0 Å². The molecule has 0 fully saturated rings. The van der Waals surface area contributed by atoms with Crippen molar-refractivity contribution >= 4 is 70.0 Å². The van der Waals surface area contributed by atoms with Gasteiger partial charge >= 0.3 is 0 Å². The first-order valence-corrected chi connectivity index (χ1v) is 9.17. The van der Waals surface area contributed by atoms with Gasteiger partial charge in [-0.3, -0.25) is 0 Å². The van der Waals surface area contributed by atoms with Gasteiger partial charge in [0.25, 0.3) is 0 Å². The summed E-state index contributed by atoms with van der Waals surface area (Å²) in [5, 5.41) is 2.82. The van der Waals surface area contributed by atoms with Crippen LogP contribution in [0.5, 0.6) is 0 Å². The smallest absolute Gasteiger partial charge is 0.0398 e. The Hall–Kier alpha value is -0.130. The molecule has 3 heteroatoms. The van der Waals surface area contributed by atoms with Gasteiger partial charge in [0.2, 0.25) is 0 Å². The summed E-state index contributed by atoms with van der Waals surface area (Å²) in [4.78, 5) is 0. The van der Waals surface area contributed by atoms with E-state index in [1.54, 1.807) is 0 Å². The molecule has 1 heterocycles. The second-order valence-electron chi connectivity index (χ2n) is 4.61. The maximum absolute atomic E-state index is 3.69. The summed E-state index contributed by atoms with van der Waals surface area (Å²) in [6.45, 7) is 4.48. The highest BCUT2D eigenvalue weighted by Gasteiger charge is 2.14. The van der Waals surface area contributed by atoms with E-state index in [0.717, 1.165) is 12.8 Å². The molecular weight excluding hydrogens is 431 g/mol. The van der Waals surface area contributed by atoms with E-state index < -0.39 is 0 Å². The van der Waals surface area contributed by atoms with Crippen LogP contribution in [0.3, 0.4) is 0 Å². The fraction of sp³-hybridized carbons (Fsp3) is 0.250. The van der Waals surface area contributed by atoms with Crippen molar-refractivity contribution in [1.29, 1.82) is 0 Å². The number of aryl methyl sites for hydroxylation is 2. The third kappa shape index (κ3) is 2.14. The molecule has 0 unspecified atom stereocenters. The first-order chi connectivity index (χ1) is 9.17. The first kappa shape index (κ1) is 13.8. The molecule has 1 aromatic heterocycles.